The molecule has 0 spiro atoms. The second-order valence-corrected chi connectivity index (χ2v) is 5.97. The third kappa shape index (κ3) is 3.72. The maximum absolute atomic E-state index is 13.9. The highest BCUT2D eigenvalue weighted by Crippen LogP contribution is 2.39. The van der Waals surface area contributed by atoms with Crippen LogP contribution in [0, 0.1) is 23.5 Å². The highest BCUT2D eigenvalue weighted by Gasteiger charge is 2.30. The Bertz CT molecular complexity index is 778. The number of anilines is 1. The van der Waals surface area contributed by atoms with Gasteiger partial charge in [0.05, 0.1) is 14.2 Å². The minimum Gasteiger partial charge on any atom is -0.493 e. The quantitative estimate of drug-likeness (QED) is 0.579. The minimum atomic E-state index is -1.67. The number of rotatable bonds is 5. The van der Waals surface area contributed by atoms with E-state index in [1.165, 1.54) is 19.1 Å². The molecule has 1 aromatic heterocycles. The van der Waals surface area contributed by atoms with Crippen molar-refractivity contribution in [2.24, 2.45) is 0 Å². The van der Waals surface area contributed by atoms with Crippen molar-refractivity contribution in [2.75, 3.05) is 32.2 Å². The standard InChI is InChI=1S/C18H18F4N2O3/c1-25-11-4-3-5-12(26-2)16(11)27-10-6-8-24(9-7-10)15-13(19)17(21)23-18(22)14(15)20/h3-5,10H,6-9H2,1-2H3. The van der Waals surface area contributed by atoms with Gasteiger partial charge in [0.25, 0.3) is 11.9 Å². The Labute approximate surface area is 153 Å². The van der Waals surface area contributed by atoms with Gasteiger partial charge in [-0.05, 0) is 12.1 Å². The van der Waals surface area contributed by atoms with Crippen molar-refractivity contribution < 1.29 is 31.8 Å². The molecule has 2 heterocycles. The lowest BCUT2D eigenvalue weighted by Gasteiger charge is -2.34. The topological polar surface area (TPSA) is 43.8 Å². The Morgan fingerprint density at radius 1 is 0.926 bits per heavy atom. The van der Waals surface area contributed by atoms with Gasteiger partial charge in [-0.3, -0.25) is 0 Å². The summed E-state index contributed by atoms with van der Waals surface area (Å²) in [5.74, 6) is -4.92. The van der Waals surface area contributed by atoms with Crippen LogP contribution in [0.5, 0.6) is 17.2 Å². The molecule has 1 aliphatic rings. The van der Waals surface area contributed by atoms with Crippen molar-refractivity contribution in [1.82, 2.24) is 4.98 Å². The van der Waals surface area contributed by atoms with Gasteiger partial charge in [0.1, 0.15) is 11.8 Å². The Hall–Kier alpha value is -2.71. The number of benzene rings is 1. The smallest absolute Gasteiger partial charge is 0.253 e. The fourth-order valence-electron chi connectivity index (χ4n) is 3.05. The molecule has 0 amide bonds. The summed E-state index contributed by atoms with van der Waals surface area (Å²) in [5, 5.41) is 0. The van der Waals surface area contributed by atoms with Crippen LogP contribution in [-0.4, -0.2) is 38.4 Å². The summed E-state index contributed by atoms with van der Waals surface area (Å²) in [4.78, 5) is 3.82. The molecule has 146 valence electrons. The predicted molar refractivity (Wildman–Crippen MR) is 89.5 cm³/mol. The highest BCUT2D eigenvalue weighted by atomic mass is 19.2. The zero-order valence-electron chi connectivity index (χ0n) is 14.8. The molecule has 27 heavy (non-hydrogen) atoms. The van der Waals surface area contributed by atoms with E-state index in [1.807, 2.05) is 0 Å². The SMILES string of the molecule is COc1cccc(OC)c1OC1CCN(c2c(F)c(F)nc(F)c2F)CC1. The van der Waals surface area contributed by atoms with E-state index >= 15 is 0 Å². The lowest BCUT2D eigenvalue weighted by molar-refractivity contribution is 0.157. The van der Waals surface area contributed by atoms with Crippen LogP contribution in [0.2, 0.25) is 0 Å². The van der Waals surface area contributed by atoms with Gasteiger partial charge < -0.3 is 19.1 Å². The number of methoxy groups -OCH3 is 2. The second kappa shape index (κ2) is 7.89. The fraction of sp³-hybridized carbons (Fsp3) is 0.389. The Kier molecular flexibility index (Phi) is 5.57. The van der Waals surface area contributed by atoms with Crippen LogP contribution in [-0.2, 0) is 0 Å². The lowest BCUT2D eigenvalue weighted by Crippen LogP contribution is -2.39. The number of aromatic nitrogens is 1. The van der Waals surface area contributed by atoms with Gasteiger partial charge in [-0.25, -0.2) is 0 Å². The monoisotopic (exact) mass is 386 g/mol. The van der Waals surface area contributed by atoms with Crippen molar-refractivity contribution in [1.29, 1.82) is 0 Å². The van der Waals surface area contributed by atoms with Crippen molar-refractivity contribution >= 4 is 5.69 Å². The average molecular weight is 386 g/mol. The first-order chi connectivity index (χ1) is 13.0. The van der Waals surface area contributed by atoms with Crippen molar-refractivity contribution in [3.05, 3.63) is 41.7 Å². The average Bonchev–Trinajstić information content (AvgIpc) is 2.68. The van der Waals surface area contributed by atoms with Gasteiger partial charge in [0.15, 0.2) is 11.5 Å². The first-order valence-electron chi connectivity index (χ1n) is 8.28. The molecule has 1 saturated heterocycles. The van der Waals surface area contributed by atoms with Crippen LogP contribution in [0.1, 0.15) is 12.8 Å². The molecular weight excluding hydrogens is 368 g/mol. The molecule has 0 bridgehead atoms. The van der Waals surface area contributed by atoms with Gasteiger partial charge in [0.2, 0.25) is 17.4 Å². The van der Waals surface area contributed by atoms with E-state index in [4.69, 9.17) is 14.2 Å². The van der Waals surface area contributed by atoms with E-state index in [0.29, 0.717) is 30.1 Å². The Morgan fingerprint density at radius 3 is 1.93 bits per heavy atom. The molecule has 0 atom stereocenters. The first kappa shape index (κ1) is 19.1. The second-order valence-electron chi connectivity index (χ2n) is 5.97. The normalized spacial score (nSPS) is 15.0. The van der Waals surface area contributed by atoms with Crippen LogP contribution >= 0.6 is 0 Å². The van der Waals surface area contributed by atoms with Crippen molar-refractivity contribution in [2.45, 2.75) is 18.9 Å². The predicted octanol–water partition coefficient (Wildman–Crippen LogP) is 3.70. The summed E-state index contributed by atoms with van der Waals surface area (Å²) < 4.78 is 71.0. The molecule has 0 radical (unpaired) electrons. The number of ether oxygens (including phenoxy) is 3. The molecule has 0 aliphatic carbocycles. The van der Waals surface area contributed by atoms with Gasteiger partial charge in [-0.2, -0.15) is 22.5 Å². The molecular formula is C18H18F4N2O3. The van der Waals surface area contributed by atoms with Crippen LogP contribution in [0.4, 0.5) is 23.2 Å². The van der Waals surface area contributed by atoms with Crippen molar-refractivity contribution in [3.8, 4) is 17.2 Å². The van der Waals surface area contributed by atoms with Crippen LogP contribution in [0.25, 0.3) is 0 Å². The van der Waals surface area contributed by atoms with Gasteiger partial charge in [0, 0.05) is 25.9 Å². The minimum absolute atomic E-state index is 0.152. The van der Waals surface area contributed by atoms with E-state index in [-0.39, 0.29) is 19.2 Å². The molecule has 0 saturated carbocycles. The molecule has 2 aromatic rings. The summed E-state index contributed by atoms with van der Waals surface area (Å²) in [5.41, 5.74) is -0.742. The third-order valence-electron chi connectivity index (χ3n) is 4.40. The van der Waals surface area contributed by atoms with E-state index < -0.39 is 29.2 Å². The van der Waals surface area contributed by atoms with E-state index in [9.17, 15) is 17.6 Å². The molecule has 1 aliphatic heterocycles. The number of para-hydroxylation sites is 1. The number of hydrogen-bond acceptors (Lipinski definition) is 5. The largest absolute Gasteiger partial charge is 0.493 e. The van der Waals surface area contributed by atoms with E-state index in [0.717, 1.165) is 0 Å². The summed E-state index contributed by atoms with van der Waals surface area (Å²) >= 11 is 0. The summed E-state index contributed by atoms with van der Waals surface area (Å²) in [6, 6.07) is 5.20. The summed E-state index contributed by atoms with van der Waals surface area (Å²) in [7, 11) is 3.00. The zero-order valence-corrected chi connectivity index (χ0v) is 14.8. The molecule has 0 unspecified atom stereocenters. The summed E-state index contributed by atoms with van der Waals surface area (Å²) in [6.45, 7) is 0.303. The molecule has 5 nitrogen and oxygen atoms in total. The van der Waals surface area contributed by atoms with Crippen LogP contribution in [0.15, 0.2) is 18.2 Å². The first-order valence-corrected chi connectivity index (χ1v) is 8.28. The number of pyridine rings is 1. The van der Waals surface area contributed by atoms with Crippen molar-refractivity contribution in [3.63, 3.8) is 0 Å². The third-order valence-corrected chi connectivity index (χ3v) is 4.40. The zero-order chi connectivity index (χ0) is 19.6. The van der Waals surface area contributed by atoms with Gasteiger partial charge >= 0.3 is 0 Å². The number of piperidine rings is 1. The van der Waals surface area contributed by atoms with Crippen LogP contribution < -0.4 is 19.1 Å². The Balaban J connectivity index is 1.74. The number of nitrogens with zero attached hydrogens (tertiary/aromatic N) is 2. The molecule has 3 rings (SSSR count). The molecule has 1 aromatic carbocycles. The molecule has 0 N–H and O–H groups in total. The number of hydrogen-bond donors (Lipinski definition) is 0. The highest BCUT2D eigenvalue weighted by molar-refractivity contribution is 5.52. The number of halogens is 4. The molecule has 9 heteroatoms. The lowest BCUT2D eigenvalue weighted by atomic mass is 10.1. The maximum atomic E-state index is 13.9. The summed E-state index contributed by atoms with van der Waals surface area (Å²) in [6.07, 6.45) is 0.478. The Morgan fingerprint density at radius 2 is 1.44 bits per heavy atom. The molecule has 1 fully saturated rings. The van der Waals surface area contributed by atoms with Gasteiger partial charge in [-0.1, -0.05) is 6.07 Å². The van der Waals surface area contributed by atoms with E-state index in [1.54, 1.807) is 18.2 Å². The van der Waals surface area contributed by atoms with Gasteiger partial charge in [-0.15, -0.1) is 0 Å². The fourth-order valence-corrected chi connectivity index (χ4v) is 3.05. The van der Waals surface area contributed by atoms with E-state index in [2.05, 4.69) is 4.98 Å². The van der Waals surface area contributed by atoms with Crippen LogP contribution in [0.3, 0.4) is 0 Å². The maximum Gasteiger partial charge on any atom is 0.253 e.